The Balaban J connectivity index is 2.24. The summed E-state index contributed by atoms with van der Waals surface area (Å²) in [6, 6.07) is 10.8. The molecular formula is C17H19BrFNO. The van der Waals surface area contributed by atoms with Crippen molar-refractivity contribution in [3.05, 3.63) is 57.8 Å². The predicted molar refractivity (Wildman–Crippen MR) is 88.5 cm³/mol. The molecule has 2 rings (SSSR count). The van der Waals surface area contributed by atoms with E-state index in [1.165, 1.54) is 12.1 Å². The number of hydrogen-bond acceptors (Lipinski definition) is 2. The van der Waals surface area contributed by atoms with Gasteiger partial charge in [0.2, 0.25) is 0 Å². The van der Waals surface area contributed by atoms with E-state index < -0.39 is 0 Å². The Morgan fingerprint density at radius 2 is 2.00 bits per heavy atom. The highest BCUT2D eigenvalue weighted by Gasteiger charge is 2.12. The number of anilines is 1. The van der Waals surface area contributed by atoms with E-state index in [0.29, 0.717) is 6.61 Å². The summed E-state index contributed by atoms with van der Waals surface area (Å²) in [5.41, 5.74) is 3.09. The van der Waals surface area contributed by atoms with Gasteiger partial charge < -0.3 is 10.1 Å². The van der Waals surface area contributed by atoms with E-state index in [0.717, 1.165) is 27.0 Å². The molecule has 0 amide bonds. The van der Waals surface area contributed by atoms with E-state index in [9.17, 15) is 4.39 Å². The number of nitrogens with one attached hydrogen (secondary N) is 1. The predicted octanol–water partition coefficient (Wildman–Crippen LogP) is 5.47. The second-order valence-corrected chi connectivity index (χ2v) is 5.82. The van der Waals surface area contributed by atoms with Crippen molar-refractivity contribution in [1.29, 1.82) is 0 Å². The van der Waals surface area contributed by atoms with Crippen LogP contribution >= 0.6 is 15.9 Å². The first kappa shape index (κ1) is 15.8. The number of halogens is 2. The summed E-state index contributed by atoms with van der Waals surface area (Å²) < 4.78 is 19.6. The molecule has 1 atom stereocenters. The highest BCUT2D eigenvalue weighted by molar-refractivity contribution is 9.10. The molecule has 0 radical (unpaired) electrons. The van der Waals surface area contributed by atoms with E-state index in [4.69, 9.17) is 4.74 Å². The Kier molecular flexibility index (Phi) is 5.23. The molecule has 0 aliphatic carbocycles. The zero-order chi connectivity index (χ0) is 15.4. The second kappa shape index (κ2) is 6.94. The van der Waals surface area contributed by atoms with Crippen LogP contribution in [0.1, 0.15) is 31.0 Å². The summed E-state index contributed by atoms with van der Waals surface area (Å²) in [7, 11) is 0. The lowest BCUT2D eigenvalue weighted by molar-refractivity contribution is 0.341. The van der Waals surface area contributed by atoms with Crippen LogP contribution in [0.5, 0.6) is 5.75 Å². The van der Waals surface area contributed by atoms with Gasteiger partial charge in [-0.25, -0.2) is 4.39 Å². The zero-order valence-electron chi connectivity index (χ0n) is 12.4. The summed E-state index contributed by atoms with van der Waals surface area (Å²) in [6.45, 7) is 6.65. The third-order valence-corrected chi connectivity index (χ3v) is 3.92. The fourth-order valence-electron chi connectivity index (χ4n) is 2.19. The van der Waals surface area contributed by atoms with Crippen molar-refractivity contribution in [2.45, 2.75) is 26.8 Å². The summed E-state index contributed by atoms with van der Waals surface area (Å²) >= 11 is 3.41. The molecule has 2 aromatic rings. The lowest BCUT2D eigenvalue weighted by Crippen LogP contribution is -2.09. The topological polar surface area (TPSA) is 21.3 Å². The molecule has 0 aliphatic heterocycles. The molecule has 0 aromatic heterocycles. The van der Waals surface area contributed by atoms with Crippen molar-refractivity contribution < 1.29 is 9.13 Å². The van der Waals surface area contributed by atoms with Crippen molar-refractivity contribution in [3.8, 4) is 5.75 Å². The fourth-order valence-corrected chi connectivity index (χ4v) is 2.88. The molecule has 0 aliphatic rings. The van der Waals surface area contributed by atoms with Gasteiger partial charge in [0, 0.05) is 10.5 Å². The van der Waals surface area contributed by atoms with Crippen LogP contribution in [-0.2, 0) is 0 Å². The van der Waals surface area contributed by atoms with Crippen LogP contribution in [0.15, 0.2) is 40.9 Å². The molecule has 1 N–H and O–H groups in total. The fraction of sp³-hybridized carbons (Fsp3) is 0.294. The van der Waals surface area contributed by atoms with Crippen LogP contribution in [0.2, 0.25) is 0 Å². The van der Waals surface area contributed by atoms with Gasteiger partial charge in [0.1, 0.15) is 11.6 Å². The van der Waals surface area contributed by atoms with Crippen LogP contribution in [0.25, 0.3) is 0 Å². The number of benzene rings is 2. The van der Waals surface area contributed by atoms with Crippen molar-refractivity contribution in [2.24, 2.45) is 0 Å². The Labute approximate surface area is 133 Å². The standard InChI is InChI=1S/C17H19BrFNO/c1-4-21-17-9-11(2)5-8-16(17)20-12(3)14-7-6-13(19)10-15(14)18/h5-10,12,20H,4H2,1-3H3. The van der Waals surface area contributed by atoms with E-state index >= 15 is 0 Å². The van der Waals surface area contributed by atoms with Gasteiger partial charge >= 0.3 is 0 Å². The highest BCUT2D eigenvalue weighted by Crippen LogP contribution is 2.32. The highest BCUT2D eigenvalue weighted by atomic mass is 79.9. The maximum absolute atomic E-state index is 13.2. The largest absolute Gasteiger partial charge is 0.492 e. The van der Waals surface area contributed by atoms with Crippen molar-refractivity contribution in [3.63, 3.8) is 0 Å². The van der Waals surface area contributed by atoms with Crippen molar-refractivity contribution >= 4 is 21.6 Å². The van der Waals surface area contributed by atoms with E-state index in [1.54, 1.807) is 6.07 Å². The summed E-state index contributed by atoms with van der Waals surface area (Å²) in [4.78, 5) is 0. The minimum atomic E-state index is -0.247. The quantitative estimate of drug-likeness (QED) is 0.771. The van der Waals surface area contributed by atoms with Crippen LogP contribution in [-0.4, -0.2) is 6.61 Å². The average molecular weight is 352 g/mol. The molecule has 0 saturated carbocycles. The molecule has 0 fully saturated rings. The SMILES string of the molecule is CCOc1cc(C)ccc1NC(C)c1ccc(F)cc1Br. The Morgan fingerprint density at radius 1 is 1.24 bits per heavy atom. The minimum Gasteiger partial charge on any atom is -0.492 e. The van der Waals surface area contributed by atoms with Gasteiger partial charge in [-0.05, 0) is 56.2 Å². The number of aryl methyl sites for hydroxylation is 1. The van der Waals surface area contributed by atoms with Gasteiger partial charge in [-0.15, -0.1) is 0 Å². The normalized spacial score (nSPS) is 12.0. The monoisotopic (exact) mass is 351 g/mol. The number of hydrogen-bond donors (Lipinski definition) is 1. The lowest BCUT2D eigenvalue weighted by atomic mass is 10.1. The van der Waals surface area contributed by atoms with E-state index in [2.05, 4.69) is 21.2 Å². The Morgan fingerprint density at radius 3 is 2.67 bits per heavy atom. The number of rotatable bonds is 5. The molecule has 21 heavy (non-hydrogen) atoms. The molecule has 112 valence electrons. The molecule has 4 heteroatoms. The van der Waals surface area contributed by atoms with Crippen LogP contribution in [0, 0.1) is 12.7 Å². The molecule has 2 aromatic carbocycles. The molecular weight excluding hydrogens is 333 g/mol. The van der Waals surface area contributed by atoms with Gasteiger partial charge in [-0.1, -0.05) is 28.1 Å². The van der Waals surface area contributed by atoms with Gasteiger partial charge in [0.15, 0.2) is 0 Å². The van der Waals surface area contributed by atoms with E-state index in [-0.39, 0.29) is 11.9 Å². The lowest BCUT2D eigenvalue weighted by Gasteiger charge is -2.20. The smallest absolute Gasteiger partial charge is 0.142 e. The third-order valence-electron chi connectivity index (χ3n) is 3.24. The molecule has 0 saturated heterocycles. The third kappa shape index (κ3) is 3.97. The number of ether oxygens (including phenoxy) is 1. The van der Waals surface area contributed by atoms with Gasteiger partial charge in [-0.2, -0.15) is 0 Å². The van der Waals surface area contributed by atoms with Crippen molar-refractivity contribution in [2.75, 3.05) is 11.9 Å². The van der Waals surface area contributed by atoms with Crippen LogP contribution in [0.3, 0.4) is 0 Å². The first-order chi connectivity index (χ1) is 10.0. The minimum absolute atomic E-state index is 0.0295. The van der Waals surface area contributed by atoms with E-state index in [1.807, 2.05) is 39.0 Å². The molecule has 2 nitrogen and oxygen atoms in total. The molecule has 0 heterocycles. The second-order valence-electron chi connectivity index (χ2n) is 4.96. The molecule has 1 unspecified atom stereocenters. The Bertz CT molecular complexity index is 630. The summed E-state index contributed by atoms with van der Waals surface area (Å²) in [5, 5.41) is 3.42. The first-order valence-corrected chi connectivity index (χ1v) is 7.75. The van der Waals surface area contributed by atoms with Crippen LogP contribution in [0.4, 0.5) is 10.1 Å². The first-order valence-electron chi connectivity index (χ1n) is 6.96. The summed E-state index contributed by atoms with van der Waals surface area (Å²) in [5.74, 6) is 0.589. The van der Waals surface area contributed by atoms with Gasteiger partial charge in [0.05, 0.1) is 12.3 Å². The maximum atomic E-state index is 13.2. The van der Waals surface area contributed by atoms with Gasteiger partial charge in [-0.3, -0.25) is 0 Å². The van der Waals surface area contributed by atoms with Crippen molar-refractivity contribution in [1.82, 2.24) is 0 Å². The summed E-state index contributed by atoms with van der Waals surface area (Å²) in [6.07, 6.45) is 0. The zero-order valence-corrected chi connectivity index (χ0v) is 14.0. The van der Waals surface area contributed by atoms with Crippen LogP contribution < -0.4 is 10.1 Å². The Hall–Kier alpha value is -1.55. The maximum Gasteiger partial charge on any atom is 0.142 e. The molecule has 0 spiro atoms. The molecule has 0 bridgehead atoms. The average Bonchev–Trinajstić information content (AvgIpc) is 2.42. The van der Waals surface area contributed by atoms with Gasteiger partial charge in [0.25, 0.3) is 0 Å².